The monoisotopic (exact) mass is 342 g/mol. The fraction of sp³-hybridized carbons (Fsp3) is 0.316. The second-order valence-electron chi connectivity index (χ2n) is 6.10. The molecule has 0 radical (unpaired) electrons. The van der Waals surface area contributed by atoms with E-state index >= 15 is 0 Å². The lowest BCUT2D eigenvalue weighted by atomic mass is 10.1. The third kappa shape index (κ3) is 4.15. The van der Waals surface area contributed by atoms with Gasteiger partial charge in [-0.05, 0) is 63.4 Å². The molecule has 6 heteroatoms. The molecule has 2 aromatic rings. The van der Waals surface area contributed by atoms with Crippen molar-refractivity contribution in [3.63, 3.8) is 0 Å². The predicted molar refractivity (Wildman–Crippen MR) is 95.1 cm³/mol. The number of aromatic amines is 1. The highest BCUT2D eigenvalue weighted by Crippen LogP contribution is 2.19. The number of Topliss-reactive ketones (excluding diaryl/α,β-unsaturated/α-hetero) is 1. The molecule has 0 aliphatic heterocycles. The highest BCUT2D eigenvalue weighted by Gasteiger charge is 2.21. The van der Waals surface area contributed by atoms with Gasteiger partial charge >= 0.3 is 5.97 Å². The van der Waals surface area contributed by atoms with Crippen LogP contribution in [0.2, 0.25) is 0 Å². The number of hydrogen-bond acceptors (Lipinski definition) is 4. The lowest BCUT2D eigenvalue weighted by molar-refractivity contribution is -0.119. The summed E-state index contributed by atoms with van der Waals surface area (Å²) < 4.78 is 5.05. The largest absolute Gasteiger partial charge is 0.451 e. The van der Waals surface area contributed by atoms with Gasteiger partial charge in [0, 0.05) is 16.9 Å². The number of carbonyl (C=O) groups is 3. The molecule has 0 spiro atoms. The number of aryl methyl sites for hydroxylation is 3. The van der Waals surface area contributed by atoms with Gasteiger partial charge in [-0.3, -0.25) is 9.59 Å². The van der Waals surface area contributed by atoms with E-state index in [9.17, 15) is 14.4 Å². The Balaban J connectivity index is 2.00. The van der Waals surface area contributed by atoms with Crippen LogP contribution in [0.1, 0.15) is 50.2 Å². The minimum absolute atomic E-state index is 0.127. The summed E-state index contributed by atoms with van der Waals surface area (Å²) in [6, 6.07) is 5.55. The third-order valence-electron chi connectivity index (χ3n) is 4.12. The fourth-order valence-corrected chi connectivity index (χ4v) is 2.70. The maximum absolute atomic E-state index is 12.2. The quantitative estimate of drug-likeness (QED) is 0.645. The molecule has 0 bridgehead atoms. The van der Waals surface area contributed by atoms with Crippen LogP contribution < -0.4 is 5.32 Å². The van der Waals surface area contributed by atoms with Crippen LogP contribution in [0.15, 0.2) is 18.2 Å². The molecule has 2 N–H and O–H groups in total. The van der Waals surface area contributed by atoms with Crippen LogP contribution in [-0.4, -0.2) is 29.3 Å². The molecule has 0 saturated carbocycles. The molecule has 2 rings (SSSR count). The zero-order chi connectivity index (χ0) is 18.7. The maximum atomic E-state index is 12.2. The van der Waals surface area contributed by atoms with Crippen molar-refractivity contribution >= 4 is 23.3 Å². The van der Waals surface area contributed by atoms with Crippen molar-refractivity contribution in [2.75, 3.05) is 11.9 Å². The number of H-pyrrole nitrogens is 1. The van der Waals surface area contributed by atoms with Gasteiger partial charge in [-0.15, -0.1) is 0 Å². The number of aromatic nitrogens is 1. The summed E-state index contributed by atoms with van der Waals surface area (Å²) in [7, 11) is 0. The third-order valence-corrected chi connectivity index (χ3v) is 4.12. The number of anilines is 1. The Kier molecular flexibility index (Phi) is 5.41. The number of hydrogen-bond donors (Lipinski definition) is 2. The Labute approximate surface area is 146 Å². The molecule has 1 heterocycles. The van der Waals surface area contributed by atoms with Crippen LogP contribution in [-0.2, 0) is 9.53 Å². The van der Waals surface area contributed by atoms with Gasteiger partial charge in [-0.1, -0.05) is 6.07 Å². The van der Waals surface area contributed by atoms with E-state index in [4.69, 9.17) is 4.74 Å². The summed E-state index contributed by atoms with van der Waals surface area (Å²) in [5.41, 5.74) is 4.65. The van der Waals surface area contributed by atoms with Gasteiger partial charge in [0.2, 0.25) is 0 Å². The summed E-state index contributed by atoms with van der Waals surface area (Å²) in [5.74, 6) is -1.22. The molecule has 1 amide bonds. The van der Waals surface area contributed by atoms with Crippen molar-refractivity contribution in [2.45, 2.75) is 34.6 Å². The molecule has 25 heavy (non-hydrogen) atoms. The zero-order valence-electron chi connectivity index (χ0n) is 15.1. The molecule has 0 fully saturated rings. The van der Waals surface area contributed by atoms with E-state index in [0.29, 0.717) is 22.5 Å². The maximum Gasteiger partial charge on any atom is 0.355 e. The number of amides is 1. The van der Waals surface area contributed by atoms with E-state index in [-0.39, 0.29) is 11.5 Å². The molecule has 1 aromatic heterocycles. The van der Waals surface area contributed by atoms with Gasteiger partial charge in [0.05, 0.1) is 0 Å². The standard InChI is InChI=1S/C19H22N2O4/c1-10-6-7-15(8-11(10)2)21-16(23)9-25-19(24)18-12(3)17(14(5)22)13(4)20-18/h6-8,20H,9H2,1-5H3,(H,21,23). The van der Waals surface area contributed by atoms with Gasteiger partial charge < -0.3 is 15.0 Å². The van der Waals surface area contributed by atoms with Crippen LogP contribution in [0.25, 0.3) is 0 Å². The summed E-state index contributed by atoms with van der Waals surface area (Å²) in [4.78, 5) is 38.6. The van der Waals surface area contributed by atoms with Crippen molar-refractivity contribution in [1.82, 2.24) is 4.98 Å². The summed E-state index contributed by atoms with van der Waals surface area (Å²) in [6.45, 7) is 8.36. The first-order valence-electron chi connectivity index (χ1n) is 7.95. The smallest absolute Gasteiger partial charge is 0.355 e. The van der Waals surface area contributed by atoms with Crippen molar-refractivity contribution in [3.05, 3.63) is 51.8 Å². The van der Waals surface area contributed by atoms with Crippen LogP contribution in [0.4, 0.5) is 5.69 Å². The van der Waals surface area contributed by atoms with Gasteiger partial charge in [-0.2, -0.15) is 0 Å². The number of nitrogens with one attached hydrogen (secondary N) is 2. The Hall–Kier alpha value is -2.89. The highest BCUT2D eigenvalue weighted by molar-refractivity contribution is 6.01. The van der Waals surface area contributed by atoms with E-state index in [0.717, 1.165) is 11.1 Å². The molecular weight excluding hydrogens is 320 g/mol. The predicted octanol–water partition coefficient (Wildman–Crippen LogP) is 3.25. The normalized spacial score (nSPS) is 10.4. The number of rotatable bonds is 5. The SMILES string of the molecule is CC(=O)c1c(C)[nH]c(C(=O)OCC(=O)Nc2ccc(C)c(C)c2)c1C. The van der Waals surface area contributed by atoms with Crippen molar-refractivity contribution < 1.29 is 19.1 Å². The van der Waals surface area contributed by atoms with Crippen molar-refractivity contribution in [1.29, 1.82) is 0 Å². The number of carbonyl (C=O) groups excluding carboxylic acids is 3. The van der Waals surface area contributed by atoms with Crippen LogP contribution in [0, 0.1) is 27.7 Å². The van der Waals surface area contributed by atoms with Crippen molar-refractivity contribution in [3.8, 4) is 0 Å². The second-order valence-corrected chi connectivity index (χ2v) is 6.10. The van der Waals surface area contributed by atoms with E-state index in [2.05, 4.69) is 10.3 Å². The van der Waals surface area contributed by atoms with E-state index in [1.807, 2.05) is 26.0 Å². The van der Waals surface area contributed by atoms with Crippen LogP contribution >= 0.6 is 0 Å². The van der Waals surface area contributed by atoms with Gasteiger partial charge in [0.25, 0.3) is 5.91 Å². The Bertz CT molecular complexity index is 849. The Morgan fingerprint density at radius 1 is 1.08 bits per heavy atom. The minimum atomic E-state index is -0.664. The topological polar surface area (TPSA) is 88.3 Å². The van der Waals surface area contributed by atoms with Gasteiger partial charge in [0.1, 0.15) is 5.69 Å². The number of benzene rings is 1. The zero-order valence-corrected chi connectivity index (χ0v) is 15.1. The average Bonchev–Trinajstić information content (AvgIpc) is 2.83. The molecule has 0 aliphatic rings. The molecule has 0 saturated heterocycles. The van der Waals surface area contributed by atoms with E-state index in [1.165, 1.54) is 6.92 Å². The number of ketones is 1. The first-order chi connectivity index (χ1) is 11.7. The molecule has 0 aliphatic carbocycles. The number of esters is 1. The van der Waals surface area contributed by atoms with E-state index in [1.54, 1.807) is 19.9 Å². The Morgan fingerprint density at radius 2 is 1.76 bits per heavy atom. The molecule has 1 aromatic carbocycles. The number of ether oxygens (including phenoxy) is 1. The molecule has 6 nitrogen and oxygen atoms in total. The van der Waals surface area contributed by atoms with E-state index < -0.39 is 18.5 Å². The Morgan fingerprint density at radius 3 is 2.32 bits per heavy atom. The minimum Gasteiger partial charge on any atom is -0.451 e. The lowest BCUT2D eigenvalue weighted by Crippen LogP contribution is -2.21. The van der Waals surface area contributed by atoms with Gasteiger partial charge in [-0.25, -0.2) is 4.79 Å². The summed E-state index contributed by atoms with van der Waals surface area (Å²) in [6.07, 6.45) is 0. The lowest BCUT2D eigenvalue weighted by Gasteiger charge is -2.08. The summed E-state index contributed by atoms with van der Waals surface area (Å²) >= 11 is 0. The molecule has 0 unspecified atom stereocenters. The highest BCUT2D eigenvalue weighted by atomic mass is 16.5. The average molecular weight is 342 g/mol. The molecular formula is C19H22N2O4. The van der Waals surface area contributed by atoms with Gasteiger partial charge in [0.15, 0.2) is 12.4 Å². The van der Waals surface area contributed by atoms with Crippen molar-refractivity contribution in [2.24, 2.45) is 0 Å². The second kappa shape index (κ2) is 7.34. The van der Waals surface area contributed by atoms with Crippen LogP contribution in [0.3, 0.4) is 0 Å². The van der Waals surface area contributed by atoms with Crippen LogP contribution in [0.5, 0.6) is 0 Å². The fourth-order valence-electron chi connectivity index (χ4n) is 2.70. The first-order valence-corrected chi connectivity index (χ1v) is 7.95. The first kappa shape index (κ1) is 18.4. The molecule has 132 valence electrons. The molecule has 0 atom stereocenters. The summed E-state index contributed by atoms with van der Waals surface area (Å²) in [5, 5.41) is 2.69.